The van der Waals surface area contributed by atoms with Crippen LogP contribution >= 0.6 is 0 Å². The SMILES string of the molecule is COC(=O)Cc1cc2c(n1C)C(=O)c1ccc(C)cc1OC2. The van der Waals surface area contributed by atoms with Gasteiger partial charge in [-0.15, -0.1) is 0 Å². The number of hydrogen-bond acceptors (Lipinski definition) is 4. The molecule has 1 aromatic carbocycles. The Labute approximate surface area is 128 Å². The quantitative estimate of drug-likeness (QED) is 0.798. The lowest BCUT2D eigenvalue weighted by atomic mass is 10.0. The maximum Gasteiger partial charge on any atom is 0.311 e. The second-order valence-electron chi connectivity index (χ2n) is 5.44. The predicted molar refractivity (Wildman–Crippen MR) is 80.1 cm³/mol. The second kappa shape index (κ2) is 5.33. The van der Waals surface area contributed by atoms with Gasteiger partial charge in [-0.3, -0.25) is 9.59 Å². The van der Waals surface area contributed by atoms with Crippen molar-refractivity contribution in [3.8, 4) is 5.75 Å². The molecule has 2 heterocycles. The van der Waals surface area contributed by atoms with Gasteiger partial charge in [-0.05, 0) is 30.7 Å². The average Bonchev–Trinajstić information content (AvgIpc) is 2.73. The number of rotatable bonds is 2. The molecule has 3 rings (SSSR count). The van der Waals surface area contributed by atoms with Crippen molar-refractivity contribution in [3.63, 3.8) is 0 Å². The topological polar surface area (TPSA) is 57.5 Å². The largest absolute Gasteiger partial charge is 0.488 e. The summed E-state index contributed by atoms with van der Waals surface area (Å²) in [7, 11) is 3.14. The lowest BCUT2D eigenvalue weighted by Crippen LogP contribution is -2.13. The van der Waals surface area contributed by atoms with E-state index in [2.05, 4.69) is 0 Å². The normalized spacial score (nSPS) is 13.0. The summed E-state index contributed by atoms with van der Waals surface area (Å²) in [6, 6.07) is 7.38. The number of aromatic nitrogens is 1. The number of hydrogen-bond donors (Lipinski definition) is 0. The lowest BCUT2D eigenvalue weighted by Gasteiger charge is -2.08. The first-order valence-corrected chi connectivity index (χ1v) is 7.03. The van der Waals surface area contributed by atoms with Crippen molar-refractivity contribution in [1.82, 2.24) is 4.57 Å². The Hall–Kier alpha value is -2.56. The van der Waals surface area contributed by atoms with Crippen molar-refractivity contribution in [1.29, 1.82) is 0 Å². The van der Waals surface area contributed by atoms with E-state index in [0.29, 0.717) is 23.6 Å². The Morgan fingerprint density at radius 1 is 1.36 bits per heavy atom. The molecule has 114 valence electrons. The molecule has 5 heteroatoms. The van der Waals surface area contributed by atoms with E-state index in [-0.39, 0.29) is 18.2 Å². The summed E-state index contributed by atoms with van der Waals surface area (Å²) in [6.45, 7) is 2.27. The van der Waals surface area contributed by atoms with Crippen molar-refractivity contribution in [2.45, 2.75) is 20.0 Å². The highest BCUT2D eigenvalue weighted by Gasteiger charge is 2.27. The number of carbonyl (C=O) groups is 2. The van der Waals surface area contributed by atoms with Crippen LogP contribution in [0.25, 0.3) is 0 Å². The molecular weight excluding hydrogens is 282 g/mol. The Balaban J connectivity index is 2.06. The fourth-order valence-electron chi connectivity index (χ4n) is 2.74. The summed E-state index contributed by atoms with van der Waals surface area (Å²) in [6.07, 6.45) is 0.133. The molecule has 1 aliphatic rings. The van der Waals surface area contributed by atoms with Crippen LogP contribution in [-0.2, 0) is 29.6 Å². The first-order valence-electron chi connectivity index (χ1n) is 7.03. The molecule has 0 radical (unpaired) electrons. The van der Waals surface area contributed by atoms with Crippen LogP contribution in [0, 0.1) is 6.92 Å². The highest BCUT2D eigenvalue weighted by molar-refractivity contribution is 6.11. The molecule has 0 N–H and O–H groups in total. The van der Waals surface area contributed by atoms with Gasteiger partial charge in [0.2, 0.25) is 5.78 Å². The predicted octanol–water partition coefficient (Wildman–Crippen LogP) is 2.17. The number of carbonyl (C=O) groups excluding carboxylic acids is 2. The van der Waals surface area contributed by atoms with Gasteiger partial charge in [0.1, 0.15) is 12.4 Å². The van der Waals surface area contributed by atoms with Crippen LogP contribution < -0.4 is 4.74 Å². The van der Waals surface area contributed by atoms with E-state index in [1.165, 1.54) is 7.11 Å². The van der Waals surface area contributed by atoms with E-state index in [4.69, 9.17) is 9.47 Å². The number of esters is 1. The fraction of sp³-hybridized carbons (Fsp3) is 0.294. The van der Waals surface area contributed by atoms with Crippen LogP contribution in [0.15, 0.2) is 24.3 Å². The van der Waals surface area contributed by atoms with Gasteiger partial charge in [0.05, 0.1) is 24.8 Å². The Morgan fingerprint density at radius 3 is 2.86 bits per heavy atom. The van der Waals surface area contributed by atoms with Gasteiger partial charge in [0.15, 0.2) is 0 Å². The summed E-state index contributed by atoms with van der Waals surface area (Å²) < 4.78 is 12.2. The number of methoxy groups -OCH3 is 1. The van der Waals surface area contributed by atoms with Crippen molar-refractivity contribution >= 4 is 11.8 Å². The van der Waals surface area contributed by atoms with Crippen LogP contribution in [0.2, 0.25) is 0 Å². The highest BCUT2D eigenvalue weighted by Crippen LogP contribution is 2.30. The van der Waals surface area contributed by atoms with Crippen LogP contribution in [0.5, 0.6) is 5.75 Å². The molecule has 22 heavy (non-hydrogen) atoms. The third kappa shape index (κ3) is 2.28. The second-order valence-corrected chi connectivity index (χ2v) is 5.44. The van der Waals surface area contributed by atoms with Gasteiger partial charge in [-0.25, -0.2) is 0 Å². The average molecular weight is 299 g/mol. The molecule has 0 unspecified atom stereocenters. The molecule has 0 bridgehead atoms. The van der Waals surface area contributed by atoms with Gasteiger partial charge >= 0.3 is 5.97 Å². The van der Waals surface area contributed by atoms with Crippen molar-refractivity contribution < 1.29 is 19.1 Å². The van der Waals surface area contributed by atoms with Gasteiger partial charge in [0.25, 0.3) is 0 Å². The van der Waals surface area contributed by atoms with E-state index in [0.717, 1.165) is 16.8 Å². The Bertz CT molecular complexity index is 773. The van der Waals surface area contributed by atoms with Crippen LogP contribution in [0.1, 0.15) is 32.9 Å². The molecule has 0 saturated heterocycles. The van der Waals surface area contributed by atoms with Crippen LogP contribution in [0.4, 0.5) is 0 Å². The highest BCUT2D eigenvalue weighted by atomic mass is 16.5. The zero-order valence-corrected chi connectivity index (χ0v) is 12.8. The maximum atomic E-state index is 12.8. The van der Waals surface area contributed by atoms with Crippen molar-refractivity contribution in [2.24, 2.45) is 7.05 Å². The van der Waals surface area contributed by atoms with E-state index in [9.17, 15) is 9.59 Å². The maximum absolute atomic E-state index is 12.8. The third-order valence-electron chi connectivity index (χ3n) is 3.94. The Kier molecular flexibility index (Phi) is 3.48. The molecule has 0 atom stereocenters. The van der Waals surface area contributed by atoms with Gasteiger partial charge in [-0.2, -0.15) is 0 Å². The number of ether oxygens (including phenoxy) is 2. The smallest absolute Gasteiger partial charge is 0.311 e. The molecule has 5 nitrogen and oxygen atoms in total. The minimum absolute atomic E-state index is 0.0823. The standard InChI is InChI=1S/C17H17NO4/c1-10-4-5-13-14(6-10)22-9-11-7-12(8-15(19)21-3)18(2)16(11)17(13)20/h4-7H,8-9H2,1-3H3. The third-order valence-corrected chi connectivity index (χ3v) is 3.94. The number of nitrogens with zero attached hydrogens (tertiary/aromatic N) is 1. The first-order chi connectivity index (χ1) is 10.5. The van der Waals surface area contributed by atoms with Gasteiger partial charge in [-0.1, -0.05) is 6.07 Å². The van der Waals surface area contributed by atoms with Crippen molar-refractivity contribution in [3.05, 3.63) is 52.3 Å². The minimum Gasteiger partial charge on any atom is -0.488 e. The van der Waals surface area contributed by atoms with E-state index in [1.54, 1.807) is 17.7 Å². The number of fused-ring (bicyclic) bond motifs is 2. The molecule has 0 saturated carbocycles. The fourth-order valence-corrected chi connectivity index (χ4v) is 2.74. The summed E-state index contributed by atoms with van der Waals surface area (Å²) in [5, 5.41) is 0. The zero-order valence-electron chi connectivity index (χ0n) is 12.8. The van der Waals surface area contributed by atoms with Crippen LogP contribution in [-0.4, -0.2) is 23.4 Å². The summed E-state index contributed by atoms with van der Waals surface area (Å²) >= 11 is 0. The van der Waals surface area contributed by atoms with E-state index >= 15 is 0 Å². The number of aryl methyl sites for hydroxylation is 1. The van der Waals surface area contributed by atoms with Crippen molar-refractivity contribution in [2.75, 3.05) is 7.11 Å². The summed E-state index contributed by atoms with van der Waals surface area (Å²) in [4.78, 5) is 24.3. The zero-order chi connectivity index (χ0) is 15.9. The molecule has 0 fully saturated rings. The molecule has 0 spiro atoms. The van der Waals surface area contributed by atoms with Gasteiger partial charge in [0, 0.05) is 18.3 Å². The Morgan fingerprint density at radius 2 is 2.14 bits per heavy atom. The lowest BCUT2D eigenvalue weighted by molar-refractivity contribution is -0.139. The van der Waals surface area contributed by atoms with E-state index < -0.39 is 0 Å². The molecule has 0 aliphatic carbocycles. The monoisotopic (exact) mass is 299 g/mol. The number of ketones is 1. The molecular formula is C17H17NO4. The first kappa shape index (κ1) is 14.4. The minimum atomic E-state index is -0.333. The molecule has 1 aliphatic heterocycles. The number of benzene rings is 1. The van der Waals surface area contributed by atoms with E-state index in [1.807, 2.05) is 25.1 Å². The molecule has 0 amide bonds. The van der Waals surface area contributed by atoms with Crippen LogP contribution in [0.3, 0.4) is 0 Å². The molecule has 2 aromatic rings. The summed E-state index contributed by atoms with van der Waals surface area (Å²) in [5.41, 5.74) is 3.70. The molecule has 1 aromatic heterocycles. The van der Waals surface area contributed by atoms with Gasteiger partial charge < -0.3 is 14.0 Å². The summed E-state index contributed by atoms with van der Waals surface area (Å²) in [5.74, 6) is 0.192.